The number of H-pyrrole nitrogens is 1. The van der Waals surface area contributed by atoms with Crippen LogP contribution in [0.25, 0.3) is 0 Å². The molecule has 0 fully saturated rings. The molecule has 0 aliphatic rings. The summed E-state index contributed by atoms with van der Waals surface area (Å²) in [5, 5.41) is 7.00. The Morgan fingerprint density at radius 1 is 1.31 bits per heavy atom. The SMILES string of the molecule is CCc1nc([C@H](N)Cc2ccccc2)n[nH]1. The second-order valence-corrected chi connectivity index (χ2v) is 3.79. The molecule has 0 amide bonds. The maximum absolute atomic E-state index is 6.05. The topological polar surface area (TPSA) is 67.6 Å². The lowest BCUT2D eigenvalue weighted by Gasteiger charge is -2.06. The number of nitrogens with one attached hydrogen (secondary N) is 1. The first kappa shape index (κ1) is 10.8. The van der Waals surface area contributed by atoms with Crippen LogP contribution >= 0.6 is 0 Å². The van der Waals surface area contributed by atoms with Crippen molar-refractivity contribution in [2.24, 2.45) is 5.73 Å². The van der Waals surface area contributed by atoms with E-state index in [1.165, 1.54) is 5.56 Å². The Morgan fingerprint density at radius 2 is 2.06 bits per heavy atom. The lowest BCUT2D eigenvalue weighted by atomic mass is 10.1. The second-order valence-electron chi connectivity index (χ2n) is 3.79. The molecule has 0 bridgehead atoms. The molecule has 84 valence electrons. The summed E-state index contributed by atoms with van der Waals surface area (Å²) in [6, 6.07) is 10.0. The molecule has 0 saturated heterocycles. The van der Waals surface area contributed by atoms with Gasteiger partial charge >= 0.3 is 0 Å². The predicted octanol–water partition coefficient (Wildman–Crippen LogP) is 1.61. The zero-order valence-corrected chi connectivity index (χ0v) is 9.35. The van der Waals surface area contributed by atoms with E-state index in [4.69, 9.17) is 5.73 Å². The molecule has 2 aromatic rings. The molecule has 4 heteroatoms. The molecule has 0 aliphatic carbocycles. The number of hydrogen-bond donors (Lipinski definition) is 2. The van der Waals surface area contributed by atoms with Crippen molar-refractivity contribution >= 4 is 0 Å². The largest absolute Gasteiger partial charge is 0.321 e. The zero-order valence-electron chi connectivity index (χ0n) is 9.35. The van der Waals surface area contributed by atoms with Crippen molar-refractivity contribution in [2.75, 3.05) is 0 Å². The number of hydrogen-bond acceptors (Lipinski definition) is 3. The van der Waals surface area contributed by atoms with Crippen LogP contribution in [0.1, 0.15) is 30.2 Å². The molecule has 2 rings (SSSR count). The van der Waals surface area contributed by atoms with Gasteiger partial charge in [0.2, 0.25) is 0 Å². The highest BCUT2D eigenvalue weighted by atomic mass is 15.2. The van der Waals surface area contributed by atoms with E-state index in [9.17, 15) is 0 Å². The minimum absolute atomic E-state index is 0.140. The number of aryl methyl sites for hydroxylation is 1. The van der Waals surface area contributed by atoms with Gasteiger partial charge in [-0.3, -0.25) is 5.10 Å². The van der Waals surface area contributed by atoms with Crippen LogP contribution in [0.15, 0.2) is 30.3 Å². The Labute approximate surface area is 94.9 Å². The Hall–Kier alpha value is -1.68. The third-order valence-corrected chi connectivity index (χ3v) is 2.51. The summed E-state index contributed by atoms with van der Waals surface area (Å²) in [5.74, 6) is 1.58. The van der Waals surface area contributed by atoms with Crippen molar-refractivity contribution in [1.29, 1.82) is 0 Å². The molecule has 1 heterocycles. The molecule has 0 aliphatic heterocycles. The molecule has 0 saturated carbocycles. The van der Waals surface area contributed by atoms with E-state index in [-0.39, 0.29) is 6.04 Å². The maximum atomic E-state index is 6.05. The Balaban J connectivity index is 2.05. The number of benzene rings is 1. The highest BCUT2D eigenvalue weighted by molar-refractivity contribution is 5.17. The molecular formula is C12H16N4. The van der Waals surface area contributed by atoms with Crippen molar-refractivity contribution in [2.45, 2.75) is 25.8 Å². The van der Waals surface area contributed by atoms with Gasteiger partial charge in [-0.1, -0.05) is 37.3 Å². The molecule has 3 N–H and O–H groups in total. The third kappa shape index (κ3) is 2.46. The molecule has 1 atom stereocenters. The van der Waals surface area contributed by atoms with Gasteiger partial charge < -0.3 is 5.73 Å². The van der Waals surface area contributed by atoms with E-state index >= 15 is 0 Å². The van der Waals surface area contributed by atoms with Crippen molar-refractivity contribution in [3.63, 3.8) is 0 Å². The van der Waals surface area contributed by atoms with Crippen LogP contribution in [0, 0.1) is 0 Å². The first-order valence-corrected chi connectivity index (χ1v) is 5.50. The highest BCUT2D eigenvalue weighted by Gasteiger charge is 2.12. The Bertz CT molecular complexity index is 435. The number of rotatable bonds is 4. The van der Waals surface area contributed by atoms with E-state index in [1.807, 2.05) is 25.1 Å². The molecule has 1 aromatic carbocycles. The molecule has 4 nitrogen and oxygen atoms in total. The lowest BCUT2D eigenvalue weighted by molar-refractivity contribution is 0.670. The molecule has 0 spiro atoms. The summed E-state index contributed by atoms with van der Waals surface area (Å²) in [4.78, 5) is 4.33. The van der Waals surface area contributed by atoms with Gasteiger partial charge in [-0.05, 0) is 12.0 Å². The van der Waals surface area contributed by atoms with Gasteiger partial charge in [0, 0.05) is 6.42 Å². The monoisotopic (exact) mass is 216 g/mol. The number of nitrogens with two attached hydrogens (primary N) is 1. The second kappa shape index (κ2) is 4.90. The Morgan fingerprint density at radius 3 is 2.69 bits per heavy atom. The summed E-state index contributed by atoms with van der Waals surface area (Å²) in [6.45, 7) is 2.03. The predicted molar refractivity (Wildman–Crippen MR) is 62.8 cm³/mol. The molecular weight excluding hydrogens is 200 g/mol. The van der Waals surface area contributed by atoms with Crippen LogP contribution in [-0.4, -0.2) is 15.2 Å². The lowest BCUT2D eigenvalue weighted by Crippen LogP contribution is -2.15. The molecule has 0 unspecified atom stereocenters. The molecule has 1 aromatic heterocycles. The number of aromatic nitrogens is 3. The van der Waals surface area contributed by atoms with Gasteiger partial charge in [-0.2, -0.15) is 5.10 Å². The fraction of sp³-hybridized carbons (Fsp3) is 0.333. The summed E-state index contributed by atoms with van der Waals surface area (Å²) in [7, 11) is 0. The highest BCUT2D eigenvalue weighted by Crippen LogP contribution is 2.12. The van der Waals surface area contributed by atoms with E-state index in [0.717, 1.165) is 18.7 Å². The van der Waals surface area contributed by atoms with Crippen LogP contribution < -0.4 is 5.73 Å². The first-order valence-electron chi connectivity index (χ1n) is 5.50. The van der Waals surface area contributed by atoms with Gasteiger partial charge in [0.1, 0.15) is 5.82 Å². The quantitative estimate of drug-likeness (QED) is 0.815. The summed E-state index contributed by atoms with van der Waals surface area (Å²) in [6.07, 6.45) is 1.62. The van der Waals surface area contributed by atoms with E-state index < -0.39 is 0 Å². The number of aromatic amines is 1. The standard InChI is InChI=1S/C12H16N4/c1-2-11-14-12(16-15-11)10(13)8-9-6-4-3-5-7-9/h3-7,10H,2,8,13H2,1H3,(H,14,15,16)/t10-/m1/s1. The third-order valence-electron chi connectivity index (χ3n) is 2.51. The van der Waals surface area contributed by atoms with Gasteiger partial charge in [-0.15, -0.1) is 0 Å². The van der Waals surface area contributed by atoms with E-state index in [0.29, 0.717) is 5.82 Å². The van der Waals surface area contributed by atoms with Crippen molar-refractivity contribution in [1.82, 2.24) is 15.2 Å². The fourth-order valence-corrected chi connectivity index (χ4v) is 1.59. The summed E-state index contributed by atoms with van der Waals surface area (Å²) in [5.41, 5.74) is 7.26. The average Bonchev–Trinajstić information content (AvgIpc) is 2.79. The van der Waals surface area contributed by atoms with Crippen LogP contribution in [0.2, 0.25) is 0 Å². The van der Waals surface area contributed by atoms with Crippen LogP contribution in [-0.2, 0) is 12.8 Å². The fourth-order valence-electron chi connectivity index (χ4n) is 1.59. The van der Waals surface area contributed by atoms with E-state index in [1.54, 1.807) is 0 Å². The van der Waals surface area contributed by atoms with Gasteiger partial charge in [0.15, 0.2) is 5.82 Å². The average molecular weight is 216 g/mol. The minimum Gasteiger partial charge on any atom is -0.321 e. The normalized spacial score (nSPS) is 12.6. The Kier molecular flexibility index (Phi) is 3.31. The maximum Gasteiger partial charge on any atom is 0.167 e. The van der Waals surface area contributed by atoms with Crippen LogP contribution in [0.5, 0.6) is 0 Å². The molecule has 0 radical (unpaired) electrons. The minimum atomic E-state index is -0.140. The summed E-state index contributed by atoms with van der Waals surface area (Å²) < 4.78 is 0. The van der Waals surface area contributed by atoms with Crippen LogP contribution in [0.4, 0.5) is 0 Å². The van der Waals surface area contributed by atoms with Crippen molar-refractivity contribution < 1.29 is 0 Å². The number of nitrogens with zero attached hydrogens (tertiary/aromatic N) is 2. The summed E-state index contributed by atoms with van der Waals surface area (Å²) >= 11 is 0. The molecule has 16 heavy (non-hydrogen) atoms. The van der Waals surface area contributed by atoms with E-state index in [2.05, 4.69) is 27.3 Å². The zero-order chi connectivity index (χ0) is 11.4. The smallest absolute Gasteiger partial charge is 0.167 e. The van der Waals surface area contributed by atoms with Crippen molar-refractivity contribution in [3.8, 4) is 0 Å². The first-order chi connectivity index (χ1) is 7.79. The van der Waals surface area contributed by atoms with Gasteiger partial charge in [0.05, 0.1) is 6.04 Å². The van der Waals surface area contributed by atoms with Crippen LogP contribution in [0.3, 0.4) is 0 Å². The van der Waals surface area contributed by atoms with Crippen molar-refractivity contribution in [3.05, 3.63) is 47.5 Å². The van der Waals surface area contributed by atoms with Gasteiger partial charge in [0.25, 0.3) is 0 Å². The van der Waals surface area contributed by atoms with Gasteiger partial charge in [-0.25, -0.2) is 4.98 Å².